The molecule has 7 aliphatic rings. The van der Waals surface area contributed by atoms with E-state index >= 15 is 24.0 Å². The lowest BCUT2D eigenvalue weighted by Crippen LogP contribution is -2.65. The Morgan fingerprint density at radius 1 is 0.604 bits per heavy atom. The molecule has 2 fully saturated rings. The van der Waals surface area contributed by atoms with E-state index in [4.69, 9.17) is 73.7 Å². The van der Waals surface area contributed by atoms with E-state index in [1.807, 2.05) is 141 Å². The molecule has 700 valence electrons. The number of likely N-dealkylation sites (N-methyl/N-ethyl adjacent to an activating group) is 1. The fourth-order valence-electron chi connectivity index (χ4n) is 17.2. The van der Waals surface area contributed by atoms with Gasteiger partial charge in [0.05, 0.1) is 48.3 Å². The number of phenols is 3. The molecule has 0 radical (unpaired) electrons. The second-order valence-electron chi connectivity index (χ2n) is 34.0. The minimum Gasteiger partial charge on any atom is -0.508 e. The van der Waals surface area contributed by atoms with Crippen molar-refractivity contribution in [3.63, 3.8) is 0 Å². The number of carbonyl (C=O) groups is 8. The van der Waals surface area contributed by atoms with Gasteiger partial charge in [-0.25, -0.2) is 4.79 Å². The lowest BCUT2D eigenvalue weighted by molar-refractivity contribution is -0.331. The summed E-state index contributed by atoms with van der Waals surface area (Å²) in [6.07, 6.45) is -18.7. The highest BCUT2D eigenvalue weighted by molar-refractivity contribution is 7.87. The maximum Gasteiger partial charge on any atom is 0.330 e. The van der Waals surface area contributed by atoms with Crippen LogP contribution in [-0.2, 0) is 59.1 Å². The van der Waals surface area contributed by atoms with Crippen molar-refractivity contribution in [2.24, 2.45) is 16.4 Å². The Morgan fingerprint density at radius 2 is 1.16 bits per heavy atom. The first-order valence-electron chi connectivity index (χ1n) is 43.0. The summed E-state index contributed by atoms with van der Waals surface area (Å²) in [7, 11) is -1.73. The first-order chi connectivity index (χ1) is 64.1. The molecular weight excluding hydrogens is 1810 g/mol. The first kappa shape index (κ1) is 96.0. The van der Waals surface area contributed by atoms with Crippen molar-refractivity contribution in [2.75, 3.05) is 13.6 Å². The Morgan fingerprint density at radius 3 is 1.73 bits per heavy atom. The summed E-state index contributed by atoms with van der Waals surface area (Å²) in [5, 5.41) is 133. The Balaban J connectivity index is 0.941. The second-order valence-corrected chi connectivity index (χ2v) is 38.3. The molecule has 0 aromatic heterocycles. The number of nitrogens with two attached hydrogens (primary N) is 1. The summed E-state index contributed by atoms with van der Waals surface area (Å²) >= 11 is 20.9. The molecular formula is C97H98Cl3N10O23P. The number of fused-ring (bicyclic) bond motifs is 15. The van der Waals surface area contributed by atoms with Crippen LogP contribution in [-0.4, -0.2) is 186 Å². The summed E-state index contributed by atoms with van der Waals surface area (Å²) in [6, 6.07) is 43.1. The summed E-state index contributed by atoms with van der Waals surface area (Å²) in [4.78, 5) is 120. The highest BCUT2D eigenvalue weighted by Crippen LogP contribution is 2.52. The largest absolute Gasteiger partial charge is 0.508 e. The number of aliphatic carboxylic acids is 1. The number of carboxylic acid groups (broad SMARTS) is 1. The molecule has 9 unspecified atom stereocenters. The summed E-state index contributed by atoms with van der Waals surface area (Å²) < 4.78 is 47.5. The Labute approximate surface area is 783 Å². The van der Waals surface area contributed by atoms with E-state index in [-0.39, 0.29) is 58.5 Å². The zero-order valence-corrected chi connectivity index (χ0v) is 75.7. The number of phenolic OH excluding ortho intramolecular Hbond substituents is 3. The molecule has 2 saturated heterocycles. The Bertz CT molecular complexity index is 6060. The van der Waals surface area contributed by atoms with Gasteiger partial charge in [-0.2, -0.15) is 0 Å². The van der Waals surface area contributed by atoms with E-state index < -0.39 is 238 Å². The van der Waals surface area contributed by atoms with Crippen molar-refractivity contribution in [3.05, 3.63) is 267 Å². The summed E-state index contributed by atoms with van der Waals surface area (Å²) in [6.45, 7) is 6.80. The lowest BCUT2D eigenvalue weighted by Gasteiger charge is -2.48. The minimum absolute atomic E-state index is 0.118. The fraction of sp³-hybridized carbons (Fsp3) is 0.299. The van der Waals surface area contributed by atoms with Crippen LogP contribution in [0.15, 0.2) is 223 Å². The molecule has 134 heavy (non-hydrogen) atoms. The smallest absolute Gasteiger partial charge is 0.330 e. The number of benzene rings is 10. The van der Waals surface area contributed by atoms with Gasteiger partial charge in [0, 0.05) is 62.2 Å². The number of primary amides is 1. The molecule has 7 heterocycles. The van der Waals surface area contributed by atoms with E-state index in [2.05, 4.69) is 42.5 Å². The second kappa shape index (κ2) is 40.7. The van der Waals surface area contributed by atoms with Crippen LogP contribution in [0.3, 0.4) is 0 Å². The first-order valence-corrected chi connectivity index (χ1v) is 45.8. The SMILES string of the molecule is CN[C@@H](CC(C)C)C(=O)N[C@H]1C(=O)N[C@@H](CC(N)=O)C(=O)N[C@H]2C(=O)N[C@H]3C(=O)N[C@H](C(=O)N[C@@H](C(=O)O)c4cc(O)cc(O)c4-c4cc3ccc4O)[C@H](O)c3ccc(c(Cl)c3)Oc3cc2cc(c3OC2OC(CN=P(c3ccccc3)(c3ccccc3)c3ccccc3)C(O)C(O)C2OC2CC(C)(NCc3ccc(-c4ccc(Cl)cc4)cc3)C(O)C(C)O2)Oc2ccc(cc2Cl)[C@H]1O. The van der Waals surface area contributed by atoms with Crippen molar-refractivity contribution >= 4 is 105 Å². The van der Waals surface area contributed by atoms with E-state index in [9.17, 15) is 60.3 Å². The average Bonchev–Trinajstić information content (AvgIpc) is 0.755. The number of hydrogen-bond acceptors (Lipinski definition) is 25. The maximum absolute atomic E-state index is 16.6. The average molecular weight is 1910 g/mol. The third-order valence-electron chi connectivity index (χ3n) is 24.2. The molecule has 18 atom stereocenters. The highest BCUT2D eigenvalue weighted by atomic mass is 35.5. The number of halogens is 3. The Kier molecular flexibility index (Phi) is 29.2. The van der Waals surface area contributed by atoms with Crippen molar-refractivity contribution in [1.29, 1.82) is 0 Å². The molecule has 10 aromatic rings. The predicted octanol–water partition coefficient (Wildman–Crippen LogP) is 8.44. The number of hydrogen-bond donors (Lipinski definition) is 18. The number of aliphatic hydroxyl groups is 5. The van der Waals surface area contributed by atoms with Gasteiger partial charge in [0.2, 0.25) is 53.4 Å². The normalized spacial score (nSPS) is 25.1. The highest BCUT2D eigenvalue weighted by Gasteiger charge is 2.53. The molecule has 7 aliphatic heterocycles. The number of aliphatic hydroxyl groups excluding tert-OH is 5. The van der Waals surface area contributed by atoms with Gasteiger partial charge in [0.15, 0.2) is 29.9 Å². The van der Waals surface area contributed by atoms with Gasteiger partial charge < -0.3 is 123 Å². The van der Waals surface area contributed by atoms with Crippen LogP contribution in [0.2, 0.25) is 15.1 Å². The van der Waals surface area contributed by atoms with Gasteiger partial charge in [0.25, 0.3) is 0 Å². The summed E-state index contributed by atoms with van der Waals surface area (Å²) in [5.41, 5.74) is 4.43. The third-order valence-corrected chi connectivity index (χ3v) is 28.8. The molecule has 17 rings (SSSR count). The zero-order valence-electron chi connectivity index (χ0n) is 72.6. The monoisotopic (exact) mass is 1910 g/mol. The van der Waals surface area contributed by atoms with Crippen LogP contribution in [0.25, 0.3) is 22.3 Å². The van der Waals surface area contributed by atoms with E-state index in [0.717, 1.165) is 81.1 Å². The number of nitrogens with zero attached hydrogens (tertiary/aromatic N) is 1. The zero-order chi connectivity index (χ0) is 95.5. The van der Waals surface area contributed by atoms with E-state index in [1.165, 1.54) is 37.4 Å². The van der Waals surface area contributed by atoms with Gasteiger partial charge >= 0.3 is 5.97 Å². The standard InChI is InChI=1S/C97H98Cl3N10O23P/c1-47(2)35-65(102-5)89(120)109-80-82(115)53-28-33-69(63(99)37-53)129-71-39-55-40-72(130-70-34-29-54(38-64(70)100)83(116)81-94(125)108-79(95(126)127)62-41-57(111)42-68(113)76(62)61-36-52(27-32-67(61)112)77(91(122)110-81)107-92(123)78(55)106-90(121)66(43-74(101)114)105-93(80)124)86(71)133-96-87(132-75-44-97(4,88(119)48(3)128-75)103-45-49-21-23-50(24-22-49)51-25-30-56(98)31-26-51)85(118)84(117)73(131-96)46-104-134(58-15-9-6-10-16-58,59-17-11-7-12-18-59)60-19-13-8-14-20-60/h6-34,36-42,47-48,65-66,73,75,77-85,87-88,96,102-103,111-113,115-119H,35,43-46H2,1-5H3,(H2,101,114)(H,105,124)(H,106,121)(H,107,123)(H,108,125)(H,109,120)(H,110,122)(H,126,127)/t48?,65-,66-,73?,75?,77+,78+,79+,80+,81-,82+,83+,84?,85?,87?,88?,96?,97?/m0/s1. The molecule has 7 amide bonds. The molecule has 0 aliphatic carbocycles. The molecule has 37 heteroatoms. The predicted molar refractivity (Wildman–Crippen MR) is 494 cm³/mol. The lowest BCUT2D eigenvalue weighted by atomic mass is 9.84. The third kappa shape index (κ3) is 20.6. The van der Waals surface area contributed by atoms with Crippen molar-refractivity contribution in [2.45, 2.75) is 163 Å². The molecule has 10 aromatic carbocycles. The number of carbonyl (C=O) groups excluding carboxylic acids is 7. The fourth-order valence-corrected chi connectivity index (χ4v) is 21.4. The molecule has 19 N–H and O–H groups in total. The van der Waals surface area contributed by atoms with E-state index in [1.54, 1.807) is 26.0 Å². The summed E-state index contributed by atoms with van der Waals surface area (Å²) in [5.74, 6) is -15.9. The van der Waals surface area contributed by atoms with Crippen LogP contribution in [0.4, 0.5) is 0 Å². The maximum atomic E-state index is 16.6. The van der Waals surface area contributed by atoms with Crippen molar-refractivity contribution < 1.29 is 113 Å². The van der Waals surface area contributed by atoms with Crippen LogP contribution in [0, 0.1) is 5.92 Å². The minimum atomic E-state index is -3.21. The number of aromatic hydroxyl groups is 3. The van der Waals surface area contributed by atoms with Crippen molar-refractivity contribution in [1.82, 2.24) is 42.5 Å². The Hall–Kier alpha value is -12.5. The number of ether oxygens (including phenoxy) is 6. The van der Waals surface area contributed by atoms with E-state index in [0.29, 0.717) is 5.02 Å². The van der Waals surface area contributed by atoms with Gasteiger partial charge in [-0.1, -0.05) is 194 Å². The number of amides is 7. The number of rotatable bonds is 21. The van der Waals surface area contributed by atoms with Crippen LogP contribution >= 0.6 is 41.9 Å². The topological polar surface area (TPSA) is 509 Å². The molecule has 0 saturated carbocycles. The quantitative estimate of drug-likeness (QED) is 0.0300. The van der Waals surface area contributed by atoms with Crippen LogP contribution in [0.1, 0.15) is 111 Å². The van der Waals surface area contributed by atoms with Gasteiger partial charge in [-0.15, -0.1) is 0 Å². The van der Waals surface area contributed by atoms with Crippen LogP contribution in [0.5, 0.6) is 46.0 Å². The number of nitrogens with one attached hydrogen (secondary N) is 8. The molecule has 33 nitrogen and oxygen atoms in total. The molecule has 11 bridgehead atoms. The van der Waals surface area contributed by atoms with Crippen LogP contribution < -0.4 is 78.4 Å². The van der Waals surface area contributed by atoms with Gasteiger partial charge in [0.1, 0.15) is 89.5 Å². The van der Waals surface area contributed by atoms with Gasteiger partial charge in [-0.3, -0.25) is 38.3 Å². The van der Waals surface area contributed by atoms with Crippen molar-refractivity contribution in [3.8, 4) is 68.2 Å². The number of carboxylic acids is 1. The molecule has 0 spiro atoms. The van der Waals surface area contributed by atoms with Gasteiger partial charge in [-0.05, 0) is 139 Å².